The van der Waals surface area contributed by atoms with E-state index in [9.17, 15) is 9.59 Å². The first-order chi connectivity index (χ1) is 18.5. The van der Waals surface area contributed by atoms with Crippen LogP contribution in [0.2, 0.25) is 5.02 Å². The number of anilines is 1. The van der Waals surface area contributed by atoms with Crippen LogP contribution in [-0.4, -0.2) is 61.8 Å². The minimum atomic E-state index is -0.277. The summed E-state index contributed by atoms with van der Waals surface area (Å²) in [6.07, 6.45) is 5.54. The van der Waals surface area contributed by atoms with Gasteiger partial charge in [-0.3, -0.25) is 14.2 Å². The fraction of sp³-hybridized carbons (Fsp3) is 0.269. The standard InChI is InChI=1S/C26H27ClN8O3/c1-3-11-33(24-21-18(25(36)28-10-13-38-2)14-29-23(21)30-16-31-24)15-20-32-34-12-9-19(27)22(34)26(37)35(20)17-7-5-4-6-8-17/h4-9,12,14,16H,3,10-11,13,15H2,1-2H3,(H,28,36)(H,29,30,31). The molecule has 0 radical (unpaired) electrons. The second kappa shape index (κ2) is 11.0. The van der Waals surface area contributed by atoms with Crippen LogP contribution in [0, 0.1) is 0 Å². The number of nitrogens with one attached hydrogen (secondary N) is 2. The second-order valence-electron chi connectivity index (χ2n) is 8.64. The lowest BCUT2D eigenvalue weighted by atomic mass is 10.2. The molecule has 0 atom stereocenters. The van der Waals surface area contributed by atoms with E-state index in [1.807, 2.05) is 42.2 Å². The van der Waals surface area contributed by atoms with Crippen molar-refractivity contribution < 1.29 is 9.53 Å². The monoisotopic (exact) mass is 534 g/mol. The van der Waals surface area contributed by atoms with Crippen LogP contribution in [0.4, 0.5) is 5.82 Å². The number of halogens is 1. The summed E-state index contributed by atoms with van der Waals surface area (Å²) in [7, 11) is 1.58. The molecule has 0 aliphatic heterocycles. The van der Waals surface area contributed by atoms with E-state index in [2.05, 4.69) is 20.3 Å². The normalized spacial score (nSPS) is 11.3. The molecule has 12 heteroatoms. The number of benzene rings is 1. The number of H-pyrrole nitrogens is 1. The number of nitrogens with zero attached hydrogens (tertiary/aromatic N) is 6. The number of carbonyl (C=O) groups is 1. The lowest BCUT2D eigenvalue weighted by molar-refractivity contribution is 0.0938. The number of methoxy groups -OCH3 is 1. The van der Waals surface area contributed by atoms with Crippen molar-refractivity contribution in [3.63, 3.8) is 0 Å². The largest absolute Gasteiger partial charge is 0.383 e. The highest BCUT2D eigenvalue weighted by molar-refractivity contribution is 6.33. The second-order valence-corrected chi connectivity index (χ2v) is 9.05. The number of amides is 1. The van der Waals surface area contributed by atoms with Gasteiger partial charge in [0.05, 0.1) is 34.8 Å². The number of fused-ring (bicyclic) bond motifs is 2. The van der Waals surface area contributed by atoms with Gasteiger partial charge in [-0.25, -0.2) is 14.5 Å². The van der Waals surface area contributed by atoms with E-state index < -0.39 is 0 Å². The predicted molar refractivity (Wildman–Crippen MR) is 145 cm³/mol. The molecule has 4 heterocycles. The van der Waals surface area contributed by atoms with E-state index in [0.717, 1.165) is 6.42 Å². The molecule has 0 saturated heterocycles. The van der Waals surface area contributed by atoms with Crippen LogP contribution >= 0.6 is 11.6 Å². The van der Waals surface area contributed by atoms with Crippen molar-refractivity contribution in [1.82, 2.24) is 34.4 Å². The fourth-order valence-corrected chi connectivity index (χ4v) is 4.67. The van der Waals surface area contributed by atoms with Gasteiger partial charge in [-0.15, -0.1) is 0 Å². The molecule has 0 bridgehead atoms. The van der Waals surface area contributed by atoms with Crippen LogP contribution < -0.4 is 15.8 Å². The molecule has 0 saturated carbocycles. The summed E-state index contributed by atoms with van der Waals surface area (Å²) in [5.41, 5.74) is 1.65. The number of rotatable bonds is 10. The van der Waals surface area contributed by atoms with Gasteiger partial charge in [-0.05, 0) is 24.6 Å². The highest BCUT2D eigenvalue weighted by Crippen LogP contribution is 2.28. The number of hydrogen-bond acceptors (Lipinski definition) is 7. The SMILES string of the molecule is CCCN(Cc1nn2ccc(Cl)c2c(=O)n1-c1ccccc1)c1ncnc2[nH]cc(C(=O)NCCOC)c12. The molecule has 4 aromatic heterocycles. The van der Waals surface area contributed by atoms with E-state index in [1.165, 1.54) is 10.8 Å². The number of hydrogen-bond donors (Lipinski definition) is 2. The Bertz CT molecular complexity index is 1640. The zero-order valence-electron chi connectivity index (χ0n) is 21.0. The summed E-state index contributed by atoms with van der Waals surface area (Å²) in [5.74, 6) is 0.792. The maximum Gasteiger partial charge on any atom is 0.284 e. The smallest absolute Gasteiger partial charge is 0.284 e. The Labute approximate surface area is 223 Å². The first-order valence-electron chi connectivity index (χ1n) is 12.2. The van der Waals surface area contributed by atoms with Crippen molar-refractivity contribution >= 4 is 39.9 Å². The van der Waals surface area contributed by atoms with Gasteiger partial charge >= 0.3 is 0 Å². The Morgan fingerprint density at radius 3 is 2.79 bits per heavy atom. The van der Waals surface area contributed by atoms with Gasteiger partial charge in [0.15, 0.2) is 5.82 Å². The Balaban J connectivity index is 1.63. The molecule has 0 aliphatic carbocycles. The number of para-hydroxylation sites is 1. The predicted octanol–water partition coefficient (Wildman–Crippen LogP) is 3.20. The summed E-state index contributed by atoms with van der Waals surface area (Å²) >= 11 is 6.34. The highest BCUT2D eigenvalue weighted by atomic mass is 35.5. The number of ether oxygens (including phenoxy) is 1. The van der Waals surface area contributed by atoms with Crippen molar-refractivity contribution in [1.29, 1.82) is 0 Å². The summed E-state index contributed by atoms with van der Waals surface area (Å²) in [4.78, 5) is 40.6. The first-order valence-corrected chi connectivity index (χ1v) is 12.6. The van der Waals surface area contributed by atoms with E-state index >= 15 is 0 Å². The lowest BCUT2D eigenvalue weighted by Gasteiger charge is -2.25. The minimum absolute atomic E-state index is 0.242. The van der Waals surface area contributed by atoms with Crippen LogP contribution in [0.25, 0.3) is 22.2 Å². The van der Waals surface area contributed by atoms with Gasteiger partial charge in [0.1, 0.15) is 23.3 Å². The Kier molecular flexibility index (Phi) is 7.38. The Morgan fingerprint density at radius 2 is 2.03 bits per heavy atom. The Morgan fingerprint density at radius 1 is 1.21 bits per heavy atom. The molecule has 1 amide bonds. The van der Waals surface area contributed by atoms with Gasteiger partial charge in [0, 0.05) is 32.6 Å². The molecule has 1 aromatic carbocycles. The quantitative estimate of drug-likeness (QED) is 0.264. The topological polar surface area (TPSA) is 122 Å². The van der Waals surface area contributed by atoms with Gasteiger partial charge < -0.3 is 19.9 Å². The van der Waals surface area contributed by atoms with Gasteiger partial charge in [-0.2, -0.15) is 5.10 Å². The molecule has 2 N–H and O–H groups in total. The first kappa shape index (κ1) is 25.4. The third-order valence-corrected chi connectivity index (χ3v) is 6.44. The lowest BCUT2D eigenvalue weighted by Crippen LogP contribution is -2.33. The van der Waals surface area contributed by atoms with Crippen LogP contribution in [0.15, 0.2) is 59.9 Å². The zero-order valence-corrected chi connectivity index (χ0v) is 21.8. The van der Waals surface area contributed by atoms with Crippen LogP contribution in [0.3, 0.4) is 0 Å². The van der Waals surface area contributed by atoms with Gasteiger partial charge in [0.2, 0.25) is 0 Å². The van der Waals surface area contributed by atoms with Gasteiger partial charge in [-0.1, -0.05) is 36.7 Å². The Hall–Kier alpha value is -4.22. The minimum Gasteiger partial charge on any atom is -0.383 e. The molecular weight excluding hydrogens is 508 g/mol. The molecule has 5 aromatic rings. The van der Waals surface area contributed by atoms with E-state index in [1.54, 1.807) is 30.1 Å². The molecule has 11 nitrogen and oxygen atoms in total. The zero-order chi connectivity index (χ0) is 26.6. The number of aromatic nitrogens is 6. The molecule has 0 aliphatic rings. The molecule has 196 valence electrons. The molecule has 0 spiro atoms. The van der Waals surface area contributed by atoms with Crippen molar-refractivity contribution in [2.75, 3.05) is 31.7 Å². The van der Waals surface area contributed by atoms with E-state index in [-0.39, 0.29) is 18.0 Å². The molecule has 0 fully saturated rings. The number of aromatic amines is 1. The van der Waals surface area contributed by atoms with Crippen LogP contribution in [0.1, 0.15) is 29.5 Å². The van der Waals surface area contributed by atoms with Crippen molar-refractivity contribution in [2.24, 2.45) is 0 Å². The summed E-state index contributed by atoms with van der Waals surface area (Å²) in [6, 6.07) is 11.0. The van der Waals surface area contributed by atoms with Crippen molar-refractivity contribution in [3.8, 4) is 5.69 Å². The third kappa shape index (κ3) is 4.73. The van der Waals surface area contributed by atoms with Crippen molar-refractivity contribution in [3.05, 3.63) is 81.9 Å². The maximum absolute atomic E-state index is 13.7. The number of carbonyl (C=O) groups excluding carboxylic acids is 1. The van der Waals surface area contributed by atoms with Crippen LogP contribution in [0.5, 0.6) is 0 Å². The summed E-state index contributed by atoms with van der Waals surface area (Å²) in [5, 5.41) is 8.54. The average molecular weight is 535 g/mol. The van der Waals surface area contributed by atoms with E-state index in [0.29, 0.717) is 64.2 Å². The van der Waals surface area contributed by atoms with Crippen molar-refractivity contribution in [2.45, 2.75) is 19.9 Å². The van der Waals surface area contributed by atoms with Gasteiger partial charge in [0.25, 0.3) is 11.5 Å². The third-order valence-electron chi connectivity index (χ3n) is 6.13. The van der Waals surface area contributed by atoms with Crippen LogP contribution in [-0.2, 0) is 11.3 Å². The highest BCUT2D eigenvalue weighted by Gasteiger charge is 2.23. The molecular formula is C26H27ClN8O3. The molecule has 5 rings (SSSR count). The van der Waals surface area contributed by atoms with E-state index in [4.69, 9.17) is 21.4 Å². The average Bonchev–Trinajstić information content (AvgIpc) is 3.53. The molecule has 0 unspecified atom stereocenters. The summed E-state index contributed by atoms with van der Waals surface area (Å²) in [6.45, 7) is 3.65. The maximum atomic E-state index is 13.7. The fourth-order valence-electron chi connectivity index (χ4n) is 4.45. The summed E-state index contributed by atoms with van der Waals surface area (Å²) < 4.78 is 8.12. The molecule has 38 heavy (non-hydrogen) atoms.